The van der Waals surface area contributed by atoms with Gasteiger partial charge in [0.2, 0.25) is 0 Å². The van der Waals surface area contributed by atoms with Gasteiger partial charge < -0.3 is 20.8 Å². The average Bonchev–Trinajstić information content (AvgIpc) is 2.47. The summed E-state index contributed by atoms with van der Waals surface area (Å²) in [6.07, 6.45) is 1.03. The fourth-order valence-corrected chi connectivity index (χ4v) is 1.33. The summed E-state index contributed by atoms with van der Waals surface area (Å²) in [4.78, 5) is 11.9. The lowest BCUT2D eigenvalue weighted by Gasteiger charge is -2.18. The second-order valence-corrected chi connectivity index (χ2v) is 4.68. The molecule has 5 heteroatoms. The predicted octanol–water partition coefficient (Wildman–Crippen LogP) is 0.865. The van der Waals surface area contributed by atoms with E-state index >= 15 is 0 Å². The van der Waals surface area contributed by atoms with Crippen molar-refractivity contribution >= 4 is 6.09 Å². The summed E-state index contributed by atoms with van der Waals surface area (Å²) in [6, 6.07) is 0.0671. The third-order valence-corrected chi connectivity index (χ3v) is 1.89. The zero-order valence-electron chi connectivity index (χ0n) is 9.73. The molecule has 1 rings (SSSR count). The Morgan fingerprint density at radius 1 is 1.53 bits per heavy atom. The van der Waals surface area contributed by atoms with Gasteiger partial charge in [-0.2, -0.15) is 0 Å². The van der Waals surface area contributed by atoms with Crippen molar-refractivity contribution in [3.05, 3.63) is 0 Å². The molecule has 1 atom stereocenters. The minimum absolute atomic E-state index is 0.0671. The number of likely N-dealkylation sites (tertiary alicyclic amines) is 1. The molecule has 0 bridgehead atoms. The van der Waals surface area contributed by atoms with Gasteiger partial charge >= 0.3 is 6.09 Å². The third-order valence-electron chi connectivity index (χ3n) is 1.89. The van der Waals surface area contributed by atoms with Crippen molar-refractivity contribution in [1.29, 1.82) is 0 Å². The zero-order chi connectivity index (χ0) is 12.1. The fraction of sp³-hybridized carbons (Fsp3) is 0.900. The normalized spacial score (nSPS) is 20.9. The number of amides is 1. The summed E-state index contributed by atoms with van der Waals surface area (Å²) in [5, 5.41) is 17.1. The van der Waals surface area contributed by atoms with Crippen LogP contribution in [0.2, 0.25) is 0 Å². The van der Waals surface area contributed by atoms with Crippen molar-refractivity contribution in [2.24, 2.45) is 5.73 Å². The number of carboxylic acid groups (broad SMARTS) is 1. The van der Waals surface area contributed by atoms with Gasteiger partial charge in [0.15, 0.2) is 0 Å². The highest BCUT2D eigenvalue weighted by molar-refractivity contribution is 5.65. The average molecular weight is 218 g/mol. The maximum Gasteiger partial charge on any atom is 0.407 e. The molecule has 0 aromatic heterocycles. The van der Waals surface area contributed by atoms with Gasteiger partial charge in [0.05, 0.1) is 5.60 Å². The van der Waals surface area contributed by atoms with Gasteiger partial charge in [0, 0.05) is 19.1 Å². The van der Waals surface area contributed by atoms with Crippen molar-refractivity contribution in [2.45, 2.75) is 45.3 Å². The molecule has 5 nitrogen and oxygen atoms in total. The van der Waals surface area contributed by atoms with E-state index in [1.807, 2.05) is 0 Å². The van der Waals surface area contributed by atoms with Crippen LogP contribution in [0, 0.1) is 0 Å². The van der Waals surface area contributed by atoms with E-state index < -0.39 is 11.7 Å². The summed E-state index contributed by atoms with van der Waals surface area (Å²) < 4.78 is 0. The molecule has 0 radical (unpaired) electrons. The summed E-state index contributed by atoms with van der Waals surface area (Å²) >= 11 is 0. The number of aliphatic hydroxyl groups is 1. The molecule has 90 valence electrons. The summed E-state index contributed by atoms with van der Waals surface area (Å²) in [6.45, 7) is 6.33. The molecule has 1 fully saturated rings. The topological polar surface area (TPSA) is 86.8 Å². The first kappa shape index (κ1) is 14.2. The molecule has 0 saturated carbocycles. The van der Waals surface area contributed by atoms with E-state index in [1.165, 1.54) is 4.90 Å². The number of hydrogen-bond donors (Lipinski definition) is 3. The van der Waals surface area contributed by atoms with Gasteiger partial charge in [-0.05, 0) is 33.6 Å². The Kier molecular flexibility index (Phi) is 5.60. The molecule has 0 aromatic rings. The highest BCUT2D eigenvalue weighted by atomic mass is 16.4. The Morgan fingerprint density at radius 2 is 2.00 bits per heavy atom. The Hall–Kier alpha value is -0.810. The van der Waals surface area contributed by atoms with Crippen LogP contribution in [0.25, 0.3) is 0 Å². The van der Waals surface area contributed by atoms with Crippen LogP contribution in [-0.4, -0.2) is 45.9 Å². The van der Waals surface area contributed by atoms with E-state index in [0.29, 0.717) is 13.1 Å². The number of carbonyl (C=O) groups is 1. The minimum Gasteiger partial charge on any atom is -0.465 e. The van der Waals surface area contributed by atoms with Crippen LogP contribution >= 0.6 is 0 Å². The zero-order valence-corrected chi connectivity index (χ0v) is 9.73. The smallest absolute Gasteiger partial charge is 0.407 e. The lowest BCUT2D eigenvalue weighted by Crippen LogP contribution is -2.38. The molecule has 1 amide bonds. The Labute approximate surface area is 90.9 Å². The van der Waals surface area contributed by atoms with Crippen LogP contribution in [0.3, 0.4) is 0 Å². The molecule has 1 unspecified atom stereocenters. The van der Waals surface area contributed by atoms with Crippen molar-refractivity contribution in [3.8, 4) is 0 Å². The first-order valence-electron chi connectivity index (χ1n) is 5.17. The van der Waals surface area contributed by atoms with Crippen molar-refractivity contribution in [2.75, 3.05) is 13.1 Å². The number of hydrogen-bond acceptors (Lipinski definition) is 3. The maximum absolute atomic E-state index is 10.4. The van der Waals surface area contributed by atoms with Gasteiger partial charge in [-0.15, -0.1) is 0 Å². The first-order chi connectivity index (χ1) is 6.75. The van der Waals surface area contributed by atoms with Gasteiger partial charge in [0.1, 0.15) is 0 Å². The van der Waals surface area contributed by atoms with Crippen LogP contribution in [0.15, 0.2) is 0 Å². The van der Waals surface area contributed by atoms with Crippen LogP contribution in [-0.2, 0) is 0 Å². The number of nitrogens with two attached hydrogens (primary N) is 1. The molecule has 15 heavy (non-hydrogen) atoms. The molecule has 1 aliphatic rings. The standard InChI is InChI=1S/C6H12N2O2.C4H10O/c7-4-5-2-1-3-8(5)6(9)10;1-4(2,3)5/h5H,1-4,7H2,(H,9,10);5H,1-3H3. The van der Waals surface area contributed by atoms with E-state index in [1.54, 1.807) is 20.8 Å². The van der Waals surface area contributed by atoms with E-state index in [0.717, 1.165) is 12.8 Å². The van der Waals surface area contributed by atoms with Gasteiger partial charge in [-0.1, -0.05) is 0 Å². The van der Waals surface area contributed by atoms with E-state index in [2.05, 4.69) is 0 Å². The lowest BCUT2D eigenvalue weighted by molar-refractivity contribution is 0.102. The Balaban J connectivity index is 0.000000336. The second kappa shape index (κ2) is 5.92. The fourth-order valence-electron chi connectivity index (χ4n) is 1.33. The molecule has 1 saturated heterocycles. The second-order valence-electron chi connectivity index (χ2n) is 4.68. The lowest BCUT2D eigenvalue weighted by atomic mass is 10.2. The minimum atomic E-state index is -0.840. The molecule has 1 aliphatic heterocycles. The number of nitrogens with zero attached hydrogens (tertiary/aromatic N) is 1. The molecule has 0 aliphatic carbocycles. The maximum atomic E-state index is 10.4. The van der Waals surface area contributed by atoms with Crippen LogP contribution in [0.4, 0.5) is 4.79 Å². The van der Waals surface area contributed by atoms with Gasteiger partial charge in [0.25, 0.3) is 0 Å². The highest BCUT2D eigenvalue weighted by Crippen LogP contribution is 2.15. The van der Waals surface area contributed by atoms with E-state index in [4.69, 9.17) is 15.9 Å². The molecule has 0 spiro atoms. The number of rotatable bonds is 1. The third kappa shape index (κ3) is 7.16. The van der Waals surface area contributed by atoms with E-state index in [9.17, 15) is 4.79 Å². The van der Waals surface area contributed by atoms with Crippen molar-refractivity contribution < 1.29 is 15.0 Å². The van der Waals surface area contributed by atoms with Crippen LogP contribution < -0.4 is 5.73 Å². The Bertz CT molecular complexity index is 195. The molecule has 0 aromatic carbocycles. The van der Waals surface area contributed by atoms with Gasteiger partial charge in [-0.25, -0.2) is 4.79 Å². The van der Waals surface area contributed by atoms with Crippen LogP contribution in [0.5, 0.6) is 0 Å². The largest absolute Gasteiger partial charge is 0.465 e. The van der Waals surface area contributed by atoms with E-state index in [-0.39, 0.29) is 6.04 Å². The highest BCUT2D eigenvalue weighted by Gasteiger charge is 2.26. The van der Waals surface area contributed by atoms with Gasteiger partial charge in [-0.3, -0.25) is 0 Å². The molecule has 1 heterocycles. The monoisotopic (exact) mass is 218 g/mol. The summed E-state index contributed by atoms with van der Waals surface area (Å²) in [5.74, 6) is 0. The first-order valence-corrected chi connectivity index (χ1v) is 5.17. The van der Waals surface area contributed by atoms with Crippen LogP contribution in [0.1, 0.15) is 33.6 Å². The molecular weight excluding hydrogens is 196 g/mol. The van der Waals surface area contributed by atoms with Crippen molar-refractivity contribution in [1.82, 2.24) is 4.90 Å². The SMILES string of the molecule is CC(C)(C)O.NCC1CCCN1C(=O)O. The Morgan fingerprint density at radius 3 is 2.27 bits per heavy atom. The van der Waals surface area contributed by atoms with Crippen molar-refractivity contribution in [3.63, 3.8) is 0 Å². The predicted molar refractivity (Wildman–Crippen MR) is 58.8 cm³/mol. The summed E-state index contributed by atoms with van der Waals surface area (Å²) in [7, 11) is 0. The molecule has 4 N–H and O–H groups in total. The molecular formula is C10H22N2O3. The summed E-state index contributed by atoms with van der Waals surface area (Å²) in [5.41, 5.74) is 4.86. The quantitative estimate of drug-likeness (QED) is 0.609.